The number of anilines is 3. The van der Waals surface area contributed by atoms with Crippen molar-refractivity contribution >= 4 is 28.7 Å². The maximum Gasteiger partial charge on any atom is 0.167 e. The second-order valence-electron chi connectivity index (χ2n) is 4.76. The van der Waals surface area contributed by atoms with Gasteiger partial charge >= 0.3 is 0 Å². The Morgan fingerprint density at radius 1 is 1.19 bits per heavy atom. The maximum absolute atomic E-state index is 13.9. The Labute approximate surface area is 126 Å². The normalized spacial score (nSPS) is 10.8. The Bertz CT molecular complexity index is 662. The van der Waals surface area contributed by atoms with Gasteiger partial charge in [-0.15, -0.1) is 0 Å². The van der Waals surface area contributed by atoms with Crippen molar-refractivity contribution in [2.75, 3.05) is 11.1 Å². The molecule has 3 nitrogen and oxygen atoms in total. The second-order valence-corrected chi connectivity index (χ2v) is 5.17. The monoisotopic (exact) mass is 312 g/mol. The average Bonchev–Trinajstić information content (AvgIpc) is 2.40. The first-order valence-electron chi connectivity index (χ1n) is 6.35. The van der Waals surface area contributed by atoms with Crippen molar-refractivity contribution in [1.82, 2.24) is 0 Å². The Morgan fingerprint density at radius 2 is 1.90 bits per heavy atom. The van der Waals surface area contributed by atoms with Crippen molar-refractivity contribution in [2.45, 2.75) is 20.0 Å². The van der Waals surface area contributed by atoms with Crippen LogP contribution in [0.25, 0.3) is 0 Å². The summed E-state index contributed by atoms with van der Waals surface area (Å²) >= 11 is 5.71. The lowest BCUT2D eigenvalue weighted by Gasteiger charge is -2.15. The molecular weight excluding hydrogens is 298 g/mol. The number of rotatable bonds is 4. The molecule has 0 radical (unpaired) electrons. The van der Waals surface area contributed by atoms with E-state index in [0.717, 1.165) is 6.07 Å². The zero-order chi connectivity index (χ0) is 15.6. The van der Waals surface area contributed by atoms with Gasteiger partial charge in [-0.05, 0) is 26.0 Å². The quantitative estimate of drug-likeness (QED) is 0.802. The van der Waals surface area contributed by atoms with E-state index < -0.39 is 11.6 Å². The van der Waals surface area contributed by atoms with Gasteiger partial charge in [0, 0.05) is 12.1 Å². The summed E-state index contributed by atoms with van der Waals surface area (Å²) in [4.78, 5) is 0. The third-order valence-electron chi connectivity index (χ3n) is 2.69. The molecule has 0 fully saturated rings. The van der Waals surface area contributed by atoms with Crippen molar-refractivity contribution in [1.29, 1.82) is 0 Å². The number of nitrogens with two attached hydrogens (primary N) is 1. The predicted molar refractivity (Wildman–Crippen MR) is 81.3 cm³/mol. The Balaban J connectivity index is 2.37. The molecule has 0 amide bonds. The molecule has 0 unspecified atom stereocenters. The molecule has 2 rings (SSSR count). The summed E-state index contributed by atoms with van der Waals surface area (Å²) in [6, 6.07) is 7.06. The average molecular weight is 313 g/mol. The third-order valence-corrected chi connectivity index (χ3v) is 2.98. The minimum atomic E-state index is -0.603. The molecule has 0 bridgehead atoms. The lowest BCUT2D eigenvalue weighted by atomic mass is 10.2. The summed E-state index contributed by atoms with van der Waals surface area (Å²) in [5, 5.41) is 2.78. The van der Waals surface area contributed by atoms with E-state index in [0.29, 0.717) is 5.69 Å². The molecule has 0 heterocycles. The van der Waals surface area contributed by atoms with E-state index in [2.05, 4.69) is 5.32 Å². The summed E-state index contributed by atoms with van der Waals surface area (Å²) in [5.41, 5.74) is 6.38. The van der Waals surface area contributed by atoms with Gasteiger partial charge in [-0.1, -0.05) is 17.7 Å². The first-order valence-corrected chi connectivity index (χ1v) is 6.73. The predicted octanol–water partition coefficient (Wildman–Crippen LogP) is 4.73. The molecule has 0 aliphatic heterocycles. The van der Waals surface area contributed by atoms with Gasteiger partial charge in [-0.2, -0.15) is 0 Å². The topological polar surface area (TPSA) is 47.3 Å². The van der Waals surface area contributed by atoms with Crippen molar-refractivity contribution in [3.8, 4) is 5.75 Å². The van der Waals surface area contributed by atoms with Crippen LogP contribution >= 0.6 is 11.6 Å². The smallest absolute Gasteiger partial charge is 0.167 e. The van der Waals surface area contributed by atoms with E-state index in [1.807, 2.05) is 0 Å². The largest absolute Gasteiger partial charge is 0.488 e. The minimum Gasteiger partial charge on any atom is -0.488 e. The summed E-state index contributed by atoms with van der Waals surface area (Å²) in [5.74, 6) is -1.13. The Morgan fingerprint density at radius 3 is 2.57 bits per heavy atom. The number of nitrogen functional groups attached to an aromatic ring is 1. The molecule has 0 aliphatic rings. The van der Waals surface area contributed by atoms with Crippen LogP contribution in [0.4, 0.5) is 25.8 Å². The van der Waals surface area contributed by atoms with Gasteiger partial charge < -0.3 is 15.8 Å². The molecule has 0 saturated carbocycles. The van der Waals surface area contributed by atoms with E-state index in [9.17, 15) is 8.78 Å². The van der Waals surface area contributed by atoms with E-state index in [-0.39, 0.29) is 28.3 Å². The van der Waals surface area contributed by atoms with Gasteiger partial charge in [-0.3, -0.25) is 0 Å². The summed E-state index contributed by atoms with van der Waals surface area (Å²) in [7, 11) is 0. The Kier molecular flexibility index (Phi) is 4.53. The molecular formula is C15H15ClF2N2O. The first-order chi connectivity index (χ1) is 9.88. The van der Waals surface area contributed by atoms with Crippen LogP contribution in [0.3, 0.4) is 0 Å². The number of ether oxygens (including phenoxy) is 1. The fourth-order valence-corrected chi connectivity index (χ4v) is 1.94. The van der Waals surface area contributed by atoms with E-state index in [1.54, 1.807) is 19.9 Å². The molecule has 2 aromatic carbocycles. The van der Waals surface area contributed by atoms with Crippen molar-refractivity contribution in [3.05, 3.63) is 47.0 Å². The van der Waals surface area contributed by atoms with Crippen molar-refractivity contribution in [3.63, 3.8) is 0 Å². The van der Waals surface area contributed by atoms with Crippen LogP contribution in [0.5, 0.6) is 5.75 Å². The zero-order valence-corrected chi connectivity index (χ0v) is 12.3. The molecule has 0 aliphatic carbocycles. The molecule has 21 heavy (non-hydrogen) atoms. The zero-order valence-electron chi connectivity index (χ0n) is 11.6. The van der Waals surface area contributed by atoms with Crippen LogP contribution in [0.15, 0.2) is 30.3 Å². The molecule has 0 saturated heterocycles. The van der Waals surface area contributed by atoms with E-state index >= 15 is 0 Å². The van der Waals surface area contributed by atoms with Gasteiger partial charge in [0.2, 0.25) is 0 Å². The number of hydrogen-bond donors (Lipinski definition) is 2. The van der Waals surface area contributed by atoms with Gasteiger partial charge in [0.25, 0.3) is 0 Å². The van der Waals surface area contributed by atoms with Gasteiger partial charge in [0.05, 0.1) is 28.2 Å². The van der Waals surface area contributed by atoms with Crippen LogP contribution in [0.2, 0.25) is 5.02 Å². The fraction of sp³-hybridized carbons (Fsp3) is 0.200. The third kappa shape index (κ3) is 3.55. The minimum absolute atomic E-state index is 0.0145. The number of benzene rings is 2. The molecule has 0 aromatic heterocycles. The van der Waals surface area contributed by atoms with Crippen LogP contribution in [0, 0.1) is 11.6 Å². The molecule has 0 spiro atoms. The lowest BCUT2D eigenvalue weighted by molar-refractivity contribution is 0.231. The Hall–Kier alpha value is -2.01. The summed E-state index contributed by atoms with van der Waals surface area (Å²) in [6.07, 6.45) is -0.195. The number of nitrogens with one attached hydrogen (secondary N) is 1. The molecule has 2 aromatic rings. The number of hydrogen-bond acceptors (Lipinski definition) is 3. The SMILES string of the molecule is CC(C)Oc1cc(Nc2cccc(Cl)c2F)c(N)cc1F. The van der Waals surface area contributed by atoms with Crippen LogP contribution in [-0.4, -0.2) is 6.10 Å². The fourth-order valence-electron chi connectivity index (χ4n) is 1.77. The van der Waals surface area contributed by atoms with Gasteiger partial charge in [0.1, 0.15) is 0 Å². The molecule has 3 N–H and O–H groups in total. The van der Waals surface area contributed by atoms with Crippen LogP contribution in [-0.2, 0) is 0 Å². The highest BCUT2D eigenvalue weighted by Crippen LogP contribution is 2.33. The van der Waals surface area contributed by atoms with E-state index in [1.165, 1.54) is 18.2 Å². The first kappa shape index (κ1) is 15.4. The highest BCUT2D eigenvalue weighted by Gasteiger charge is 2.13. The molecule has 0 atom stereocenters. The van der Waals surface area contributed by atoms with Crippen LogP contribution in [0.1, 0.15) is 13.8 Å². The van der Waals surface area contributed by atoms with Crippen LogP contribution < -0.4 is 15.8 Å². The second kappa shape index (κ2) is 6.18. The number of halogens is 3. The summed E-state index contributed by atoms with van der Waals surface area (Å²) in [6.45, 7) is 3.55. The molecule has 6 heteroatoms. The highest BCUT2D eigenvalue weighted by atomic mass is 35.5. The lowest BCUT2D eigenvalue weighted by Crippen LogP contribution is -2.08. The van der Waals surface area contributed by atoms with Gasteiger partial charge in [0.15, 0.2) is 17.4 Å². The van der Waals surface area contributed by atoms with E-state index in [4.69, 9.17) is 22.1 Å². The van der Waals surface area contributed by atoms with Gasteiger partial charge in [-0.25, -0.2) is 8.78 Å². The summed E-state index contributed by atoms with van der Waals surface area (Å²) < 4.78 is 33.0. The highest BCUT2D eigenvalue weighted by molar-refractivity contribution is 6.31. The van der Waals surface area contributed by atoms with Crippen molar-refractivity contribution < 1.29 is 13.5 Å². The maximum atomic E-state index is 13.9. The van der Waals surface area contributed by atoms with Crippen molar-refractivity contribution in [2.24, 2.45) is 0 Å². The molecule has 112 valence electrons. The standard InChI is InChI=1S/C15H15ClF2N2O/c1-8(2)21-14-7-13(11(19)6-10(14)17)20-12-5-3-4-9(16)15(12)18/h3-8,20H,19H2,1-2H3.